The van der Waals surface area contributed by atoms with Gasteiger partial charge in [-0.15, -0.1) is 0 Å². The number of rotatable bonds is 3. The van der Waals surface area contributed by atoms with Crippen LogP contribution in [-0.4, -0.2) is 15.5 Å². The largest absolute Gasteiger partial charge is 0.459 e. The Morgan fingerprint density at radius 3 is 3.11 bits per heavy atom. The van der Waals surface area contributed by atoms with Crippen LogP contribution in [0.5, 0.6) is 0 Å². The molecular formula is C10H9IN4O3. The molecule has 0 aromatic carbocycles. The van der Waals surface area contributed by atoms with E-state index >= 15 is 0 Å². The SMILES string of the molecule is NNC(=O)c1occc1Cn1cncc(I)c1=O. The van der Waals surface area contributed by atoms with Crippen molar-refractivity contribution in [3.8, 4) is 0 Å². The Kier molecular flexibility index (Phi) is 3.77. The lowest BCUT2D eigenvalue weighted by Crippen LogP contribution is -2.31. The number of carbonyl (C=O) groups is 1. The molecule has 0 aliphatic carbocycles. The number of halogens is 1. The summed E-state index contributed by atoms with van der Waals surface area (Å²) >= 11 is 1.90. The predicted molar refractivity (Wildman–Crippen MR) is 70.7 cm³/mol. The first kappa shape index (κ1) is 12.8. The summed E-state index contributed by atoms with van der Waals surface area (Å²) in [7, 11) is 0. The van der Waals surface area contributed by atoms with E-state index in [1.807, 2.05) is 28.0 Å². The Bertz CT molecular complexity index is 634. The second-order valence-electron chi connectivity index (χ2n) is 3.42. The van der Waals surface area contributed by atoms with Crippen molar-refractivity contribution in [2.24, 2.45) is 5.84 Å². The molecule has 0 radical (unpaired) electrons. The van der Waals surface area contributed by atoms with Gasteiger partial charge in [-0.3, -0.25) is 19.6 Å². The van der Waals surface area contributed by atoms with E-state index in [0.29, 0.717) is 9.13 Å². The molecule has 3 N–H and O–H groups in total. The topological polar surface area (TPSA) is 103 Å². The molecule has 0 saturated heterocycles. The number of carbonyl (C=O) groups excluding carboxylic acids is 1. The highest BCUT2D eigenvalue weighted by molar-refractivity contribution is 14.1. The molecule has 2 aromatic rings. The third-order valence-corrected chi connectivity index (χ3v) is 3.02. The van der Waals surface area contributed by atoms with Gasteiger partial charge in [0.1, 0.15) is 0 Å². The number of aromatic nitrogens is 2. The van der Waals surface area contributed by atoms with Gasteiger partial charge in [0.05, 0.1) is 22.7 Å². The van der Waals surface area contributed by atoms with Gasteiger partial charge in [-0.05, 0) is 28.7 Å². The maximum atomic E-state index is 11.8. The van der Waals surface area contributed by atoms with Crippen LogP contribution in [0.25, 0.3) is 0 Å². The summed E-state index contributed by atoms with van der Waals surface area (Å²) in [5, 5.41) is 0. The van der Waals surface area contributed by atoms with Crippen molar-refractivity contribution in [1.82, 2.24) is 15.0 Å². The van der Waals surface area contributed by atoms with E-state index < -0.39 is 5.91 Å². The van der Waals surface area contributed by atoms with Gasteiger partial charge in [-0.1, -0.05) is 0 Å². The standard InChI is InChI=1S/C10H9IN4O3/c11-7-3-13-5-15(10(7)17)4-6-1-2-18-8(6)9(16)14-12/h1-3,5H,4,12H2,(H,14,16). The first-order chi connectivity index (χ1) is 8.63. The van der Waals surface area contributed by atoms with Crippen LogP contribution in [0.1, 0.15) is 16.1 Å². The van der Waals surface area contributed by atoms with Crippen molar-refractivity contribution in [2.45, 2.75) is 6.54 Å². The van der Waals surface area contributed by atoms with Gasteiger partial charge in [-0.25, -0.2) is 10.8 Å². The van der Waals surface area contributed by atoms with E-state index in [4.69, 9.17) is 10.3 Å². The lowest BCUT2D eigenvalue weighted by atomic mass is 10.2. The fourth-order valence-electron chi connectivity index (χ4n) is 1.45. The summed E-state index contributed by atoms with van der Waals surface area (Å²) in [5.41, 5.74) is 2.37. The predicted octanol–water partition coefficient (Wildman–Crippen LogP) is 0.0927. The lowest BCUT2D eigenvalue weighted by molar-refractivity contribution is 0.0924. The quantitative estimate of drug-likeness (QED) is 0.350. The van der Waals surface area contributed by atoms with Crippen molar-refractivity contribution in [1.29, 1.82) is 0 Å². The summed E-state index contributed by atoms with van der Waals surface area (Å²) < 4.78 is 6.92. The zero-order valence-electron chi connectivity index (χ0n) is 9.09. The van der Waals surface area contributed by atoms with Gasteiger partial charge in [0.25, 0.3) is 5.56 Å². The summed E-state index contributed by atoms with van der Waals surface area (Å²) in [6, 6.07) is 1.61. The van der Waals surface area contributed by atoms with Crippen LogP contribution in [0.15, 0.2) is 34.1 Å². The number of hydrazine groups is 1. The molecule has 0 spiro atoms. The number of hydrogen-bond donors (Lipinski definition) is 2. The molecule has 2 aromatic heterocycles. The van der Waals surface area contributed by atoms with E-state index in [1.54, 1.807) is 6.07 Å². The molecule has 1 amide bonds. The summed E-state index contributed by atoms with van der Waals surface area (Å²) in [5.74, 6) is 4.58. The normalized spacial score (nSPS) is 10.3. The van der Waals surface area contributed by atoms with Gasteiger partial charge < -0.3 is 4.42 Å². The molecule has 8 heteroatoms. The molecule has 18 heavy (non-hydrogen) atoms. The van der Waals surface area contributed by atoms with Crippen LogP contribution in [0, 0.1) is 3.57 Å². The zero-order valence-corrected chi connectivity index (χ0v) is 11.2. The molecule has 2 rings (SSSR count). The minimum atomic E-state index is -0.540. The fourth-order valence-corrected chi connectivity index (χ4v) is 1.92. The fraction of sp³-hybridized carbons (Fsp3) is 0.100. The Labute approximate surface area is 115 Å². The van der Waals surface area contributed by atoms with Crippen LogP contribution < -0.4 is 16.8 Å². The maximum Gasteiger partial charge on any atom is 0.301 e. The average molecular weight is 360 g/mol. The van der Waals surface area contributed by atoms with Gasteiger partial charge >= 0.3 is 5.91 Å². The number of nitrogens with two attached hydrogens (primary N) is 1. The molecule has 0 atom stereocenters. The Morgan fingerprint density at radius 1 is 1.61 bits per heavy atom. The molecule has 0 unspecified atom stereocenters. The van der Waals surface area contributed by atoms with E-state index in [9.17, 15) is 9.59 Å². The molecule has 0 saturated carbocycles. The molecule has 0 aliphatic heterocycles. The number of furan rings is 1. The molecule has 0 fully saturated rings. The van der Waals surface area contributed by atoms with Crippen LogP contribution in [-0.2, 0) is 6.54 Å². The highest BCUT2D eigenvalue weighted by Gasteiger charge is 2.15. The van der Waals surface area contributed by atoms with Crippen molar-refractivity contribution >= 4 is 28.5 Å². The number of nitrogens with zero attached hydrogens (tertiary/aromatic N) is 2. The first-order valence-corrected chi connectivity index (χ1v) is 5.98. The number of nitrogen functional groups attached to an aromatic ring is 1. The van der Waals surface area contributed by atoms with E-state index in [2.05, 4.69) is 4.98 Å². The van der Waals surface area contributed by atoms with Crippen molar-refractivity contribution < 1.29 is 9.21 Å². The highest BCUT2D eigenvalue weighted by Crippen LogP contribution is 2.11. The Morgan fingerprint density at radius 2 is 2.39 bits per heavy atom. The summed E-state index contributed by atoms with van der Waals surface area (Å²) in [4.78, 5) is 27.1. The molecule has 0 bridgehead atoms. The third-order valence-electron chi connectivity index (χ3n) is 2.28. The summed E-state index contributed by atoms with van der Waals surface area (Å²) in [6.45, 7) is 0.196. The Hall–Kier alpha value is -1.68. The van der Waals surface area contributed by atoms with Gasteiger partial charge in [0.2, 0.25) is 0 Å². The van der Waals surface area contributed by atoms with Gasteiger partial charge in [-0.2, -0.15) is 0 Å². The minimum absolute atomic E-state index is 0.0864. The van der Waals surface area contributed by atoms with Crippen molar-refractivity contribution in [3.63, 3.8) is 0 Å². The highest BCUT2D eigenvalue weighted by atomic mass is 127. The van der Waals surface area contributed by atoms with Crippen molar-refractivity contribution in [3.05, 3.63) is 50.1 Å². The van der Waals surface area contributed by atoms with Gasteiger partial charge in [0, 0.05) is 11.8 Å². The van der Waals surface area contributed by atoms with E-state index in [1.165, 1.54) is 23.4 Å². The zero-order chi connectivity index (χ0) is 13.1. The number of nitrogens with one attached hydrogen (secondary N) is 1. The summed E-state index contributed by atoms with van der Waals surface area (Å²) in [6.07, 6.45) is 4.25. The second-order valence-corrected chi connectivity index (χ2v) is 4.59. The molecule has 0 aliphatic rings. The average Bonchev–Trinajstić information content (AvgIpc) is 2.82. The second kappa shape index (κ2) is 5.31. The van der Waals surface area contributed by atoms with E-state index in [-0.39, 0.29) is 17.9 Å². The lowest BCUT2D eigenvalue weighted by Gasteiger charge is -2.05. The van der Waals surface area contributed by atoms with Crippen LogP contribution in [0.2, 0.25) is 0 Å². The third kappa shape index (κ3) is 2.43. The molecule has 7 nitrogen and oxygen atoms in total. The molecule has 2 heterocycles. The maximum absolute atomic E-state index is 11.8. The monoisotopic (exact) mass is 360 g/mol. The van der Waals surface area contributed by atoms with E-state index in [0.717, 1.165) is 0 Å². The molecular weight excluding hydrogens is 351 g/mol. The molecule has 94 valence electrons. The van der Waals surface area contributed by atoms with Gasteiger partial charge in [0.15, 0.2) is 5.76 Å². The van der Waals surface area contributed by atoms with Crippen molar-refractivity contribution in [2.75, 3.05) is 0 Å². The minimum Gasteiger partial charge on any atom is -0.459 e. The Balaban J connectivity index is 2.35. The first-order valence-electron chi connectivity index (χ1n) is 4.90. The van der Waals surface area contributed by atoms with Crippen LogP contribution in [0.3, 0.4) is 0 Å². The smallest absolute Gasteiger partial charge is 0.301 e. The van der Waals surface area contributed by atoms with Crippen LogP contribution >= 0.6 is 22.6 Å². The van der Waals surface area contributed by atoms with Crippen LogP contribution in [0.4, 0.5) is 0 Å². The number of amides is 1. The number of hydrogen-bond acceptors (Lipinski definition) is 5.